The molecule has 27 heavy (non-hydrogen) atoms. The molecular weight excluding hydrogens is 340 g/mol. The second kappa shape index (κ2) is 7.59. The molecule has 0 spiro atoms. The first-order chi connectivity index (χ1) is 13.2. The smallest absolute Gasteiger partial charge is 0.277 e. The van der Waals surface area contributed by atoms with Crippen LogP contribution in [0.2, 0.25) is 0 Å². The third kappa shape index (κ3) is 3.98. The maximum absolute atomic E-state index is 12.4. The van der Waals surface area contributed by atoms with Gasteiger partial charge in [0.25, 0.3) is 5.91 Å². The minimum absolute atomic E-state index is 0.274. The summed E-state index contributed by atoms with van der Waals surface area (Å²) in [4.78, 5) is 18.6. The predicted octanol–water partition coefficient (Wildman–Crippen LogP) is 2.27. The first kappa shape index (κ1) is 17.2. The van der Waals surface area contributed by atoms with Crippen LogP contribution in [0.15, 0.2) is 60.8 Å². The van der Waals surface area contributed by atoms with Crippen molar-refractivity contribution in [1.29, 1.82) is 0 Å². The van der Waals surface area contributed by atoms with Gasteiger partial charge in [0.2, 0.25) is 0 Å². The zero-order valence-electron chi connectivity index (χ0n) is 15.2. The highest BCUT2D eigenvalue weighted by Crippen LogP contribution is 2.19. The monoisotopic (exact) mass is 362 g/mol. The number of nitrogens with zero attached hydrogens (tertiary/aromatic N) is 5. The first-order valence-corrected chi connectivity index (χ1v) is 9.02. The number of para-hydroxylation sites is 1. The van der Waals surface area contributed by atoms with Crippen LogP contribution in [0.5, 0.6) is 0 Å². The van der Waals surface area contributed by atoms with Gasteiger partial charge in [-0.25, -0.2) is 0 Å². The van der Waals surface area contributed by atoms with Gasteiger partial charge in [0, 0.05) is 37.6 Å². The molecule has 1 aromatic heterocycles. The topological polar surface area (TPSA) is 66.3 Å². The molecule has 2 heterocycles. The Morgan fingerprint density at radius 2 is 1.63 bits per heavy atom. The first-order valence-electron chi connectivity index (χ1n) is 9.02. The summed E-state index contributed by atoms with van der Waals surface area (Å²) in [7, 11) is 2.14. The number of rotatable bonds is 4. The van der Waals surface area contributed by atoms with Gasteiger partial charge in [0.15, 0.2) is 5.69 Å². The second-order valence-corrected chi connectivity index (χ2v) is 6.65. The molecule has 1 aliphatic rings. The summed E-state index contributed by atoms with van der Waals surface area (Å²) in [6.45, 7) is 4.17. The minimum Gasteiger partial charge on any atom is -0.369 e. The molecular formula is C20H22N6O. The number of anilines is 2. The van der Waals surface area contributed by atoms with E-state index in [9.17, 15) is 4.79 Å². The lowest BCUT2D eigenvalue weighted by Crippen LogP contribution is -2.44. The Hall–Kier alpha value is -3.19. The molecule has 0 bridgehead atoms. The molecule has 3 aromatic rings. The SMILES string of the molecule is CN1CCN(c2ccc(NC(=O)c3cnn(-c4ccccc4)n3)cc2)CC1. The molecule has 1 amide bonds. The van der Waals surface area contributed by atoms with Gasteiger partial charge in [0.05, 0.1) is 11.9 Å². The van der Waals surface area contributed by atoms with Crippen molar-refractivity contribution in [2.75, 3.05) is 43.4 Å². The number of benzene rings is 2. The van der Waals surface area contributed by atoms with E-state index in [-0.39, 0.29) is 11.6 Å². The summed E-state index contributed by atoms with van der Waals surface area (Å²) in [5, 5.41) is 11.3. The Labute approximate surface area is 158 Å². The third-order valence-electron chi connectivity index (χ3n) is 4.71. The van der Waals surface area contributed by atoms with E-state index in [1.54, 1.807) is 0 Å². The highest BCUT2D eigenvalue weighted by atomic mass is 16.2. The van der Waals surface area contributed by atoms with Crippen molar-refractivity contribution >= 4 is 17.3 Å². The van der Waals surface area contributed by atoms with E-state index in [1.165, 1.54) is 16.7 Å². The van der Waals surface area contributed by atoms with E-state index in [0.717, 1.165) is 37.6 Å². The zero-order chi connectivity index (χ0) is 18.6. The second-order valence-electron chi connectivity index (χ2n) is 6.65. The molecule has 0 radical (unpaired) electrons. The molecule has 0 saturated carbocycles. The maximum Gasteiger partial charge on any atom is 0.277 e. The number of carbonyl (C=O) groups excluding carboxylic acids is 1. The van der Waals surface area contributed by atoms with Gasteiger partial charge in [-0.15, -0.1) is 5.10 Å². The Balaban J connectivity index is 1.40. The van der Waals surface area contributed by atoms with Crippen molar-refractivity contribution in [3.63, 3.8) is 0 Å². The zero-order valence-corrected chi connectivity index (χ0v) is 15.2. The van der Waals surface area contributed by atoms with Gasteiger partial charge < -0.3 is 15.1 Å². The Morgan fingerprint density at radius 3 is 2.33 bits per heavy atom. The molecule has 0 atom stereocenters. The van der Waals surface area contributed by atoms with Crippen LogP contribution in [0, 0.1) is 0 Å². The fraction of sp³-hybridized carbons (Fsp3) is 0.250. The molecule has 1 saturated heterocycles. The molecule has 7 nitrogen and oxygen atoms in total. The van der Waals surface area contributed by atoms with Gasteiger partial charge in [0.1, 0.15) is 0 Å². The maximum atomic E-state index is 12.4. The fourth-order valence-corrected chi connectivity index (χ4v) is 3.07. The quantitative estimate of drug-likeness (QED) is 0.771. The van der Waals surface area contributed by atoms with Gasteiger partial charge in [-0.2, -0.15) is 9.90 Å². The normalized spacial score (nSPS) is 14.9. The van der Waals surface area contributed by atoms with Gasteiger partial charge in [-0.3, -0.25) is 4.79 Å². The third-order valence-corrected chi connectivity index (χ3v) is 4.71. The van der Waals surface area contributed by atoms with E-state index < -0.39 is 0 Å². The largest absolute Gasteiger partial charge is 0.369 e. The Morgan fingerprint density at radius 1 is 0.926 bits per heavy atom. The van der Waals surface area contributed by atoms with Crippen molar-refractivity contribution in [1.82, 2.24) is 19.9 Å². The van der Waals surface area contributed by atoms with Crippen LogP contribution in [0.1, 0.15) is 10.5 Å². The summed E-state index contributed by atoms with van der Waals surface area (Å²) in [5.74, 6) is -0.274. The van der Waals surface area contributed by atoms with Crippen molar-refractivity contribution in [3.05, 3.63) is 66.5 Å². The van der Waals surface area contributed by atoms with Crippen LogP contribution < -0.4 is 10.2 Å². The van der Waals surface area contributed by atoms with Crippen LogP contribution in [-0.2, 0) is 0 Å². The minimum atomic E-state index is -0.274. The summed E-state index contributed by atoms with van der Waals surface area (Å²) in [6, 6.07) is 17.4. The molecule has 1 fully saturated rings. The number of nitrogens with one attached hydrogen (secondary N) is 1. The van der Waals surface area contributed by atoms with Crippen LogP contribution in [0.3, 0.4) is 0 Å². The standard InChI is InChI=1S/C20H22N6O/c1-24-11-13-25(14-12-24)17-9-7-16(8-10-17)22-20(27)19-15-21-26(23-19)18-5-3-2-4-6-18/h2-10,15H,11-14H2,1H3,(H,22,27). The van der Waals surface area contributed by atoms with Crippen molar-refractivity contribution in [2.24, 2.45) is 0 Å². The number of hydrogen-bond donors (Lipinski definition) is 1. The van der Waals surface area contributed by atoms with Crippen LogP contribution in [0.25, 0.3) is 5.69 Å². The predicted molar refractivity (Wildman–Crippen MR) is 105 cm³/mol. The highest BCUT2D eigenvalue weighted by molar-refractivity contribution is 6.02. The van der Waals surface area contributed by atoms with Gasteiger partial charge in [-0.1, -0.05) is 18.2 Å². The van der Waals surface area contributed by atoms with E-state index in [0.29, 0.717) is 0 Å². The number of piperazine rings is 1. The number of amides is 1. The Bertz CT molecular complexity index is 898. The number of carbonyl (C=O) groups is 1. The Kier molecular flexibility index (Phi) is 4.84. The lowest BCUT2D eigenvalue weighted by atomic mass is 10.2. The van der Waals surface area contributed by atoms with E-state index in [4.69, 9.17) is 0 Å². The fourth-order valence-electron chi connectivity index (χ4n) is 3.07. The van der Waals surface area contributed by atoms with Crippen LogP contribution in [-0.4, -0.2) is 59.0 Å². The van der Waals surface area contributed by atoms with Gasteiger partial charge in [-0.05, 0) is 43.4 Å². The lowest BCUT2D eigenvalue weighted by Gasteiger charge is -2.34. The average Bonchev–Trinajstić information content (AvgIpc) is 3.20. The molecule has 2 aromatic carbocycles. The van der Waals surface area contributed by atoms with E-state index in [2.05, 4.69) is 32.4 Å². The van der Waals surface area contributed by atoms with Crippen molar-refractivity contribution < 1.29 is 4.79 Å². The molecule has 4 rings (SSSR count). The van der Waals surface area contributed by atoms with Crippen LogP contribution >= 0.6 is 0 Å². The summed E-state index contributed by atoms with van der Waals surface area (Å²) >= 11 is 0. The molecule has 0 unspecified atom stereocenters. The summed E-state index contributed by atoms with van der Waals surface area (Å²) < 4.78 is 0. The van der Waals surface area contributed by atoms with E-state index >= 15 is 0 Å². The number of aromatic nitrogens is 3. The lowest BCUT2D eigenvalue weighted by molar-refractivity contribution is 0.102. The summed E-state index contributed by atoms with van der Waals surface area (Å²) in [6.07, 6.45) is 1.47. The van der Waals surface area contributed by atoms with Gasteiger partial charge >= 0.3 is 0 Å². The molecule has 0 aliphatic carbocycles. The average molecular weight is 362 g/mol. The number of likely N-dealkylation sites (N-methyl/N-ethyl adjacent to an activating group) is 1. The molecule has 7 heteroatoms. The molecule has 1 aliphatic heterocycles. The van der Waals surface area contributed by atoms with Crippen LogP contribution in [0.4, 0.5) is 11.4 Å². The molecule has 1 N–H and O–H groups in total. The number of hydrogen-bond acceptors (Lipinski definition) is 5. The molecule has 138 valence electrons. The highest BCUT2D eigenvalue weighted by Gasteiger charge is 2.15. The summed E-state index contributed by atoms with van der Waals surface area (Å²) in [5.41, 5.74) is 3.01. The van der Waals surface area contributed by atoms with Crippen molar-refractivity contribution in [2.45, 2.75) is 0 Å². The van der Waals surface area contributed by atoms with E-state index in [1.807, 2.05) is 54.6 Å². The van der Waals surface area contributed by atoms with Crippen molar-refractivity contribution in [3.8, 4) is 5.69 Å².